The van der Waals surface area contributed by atoms with Gasteiger partial charge in [-0.3, -0.25) is 4.79 Å². The summed E-state index contributed by atoms with van der Waals surface area (Å²) in [6, 6.07) is 8.88. The predicted octanol–water partition coefficient (Wildman–Crippen LogP) is 2.59. The average molecular weight is 284 g/mol. The molecule has 2 aliphatic rings. The van der Waals surface area contributed by atoms with Crippen LogP contribution in [0.5, 0.6) is 0 Å². The van der Waals surface area contributed by atoms with E-state index in [0.29, 0.717) is 5.69 Å². The summed E-state index contributed by atoms with van der Waals surface area (Å²) in [4.78, 5) is 23.8. The Balaban J connectivity index is 1.96. The van der Waals surface area contributed by atoms with E-state index in [-0.39, 0.29) is 23.1 Å². The Kier molecular flexibility index (Phi) is 3.56. The quantitative estimate of drug-likeness (QED) is 0.867. The molecule has 1 heterocycles. The van der Waals surface area contributed by atoms with Gasteiger partial charge >= 0.3 is 5.97 Å². The fraction of sp³-hybridized carbons (Fsp3) is 0.312. The number of hydrogen-bond acceptors (Lipinski definition) is 3. The summed E-state index contributed by atoms with van der Waals surface area (Å²) in [5.41, 5.74) is 0.644. The van der Waals surface area contributed by atoms with Gasteiger partial charge in [-0.1, -0.05) is 37.1 Å². The molecule has 5 heteroatoms. The number of carboxylic acids is 1. The number of carbonyl (C=O) groups is 2. The number of carbonyl (C=O) groups excluding carboxylic acids is 1. The maximum Gasteiger partial charge on any atom is 0.357 e. The van der Waals surface area contributed by atoms with Crippen molar-refractivity contribution in [1.29, 1.82) is 0 Å². The second-order valence-electron chi connectivity index (χ2n) is 5.33. The summed E-state index contributed by atoms with van der Waals surface area (Å²) in [7, 11) is 0. The zero-order valence-corrected chi connectivity index (χ0v) is 11.5. The van der Waals surface area contributed by atoms with Gasteiger partial charge in [0, 0.05) is 0 Å². The Bertz CT molecular complexity index is 628. The molecule has 1 aromatic rings. The number of hydrazone groups is 1. The lowest BCUT2D eigenvalue weighted by atomic mass is 10.0. The highest BCUT2D eigenvalue weighted by molar-refractivity contribution is 6.52. The zero-order valence-electron chi connectivity index (χ0n) is 11.5. The maximum absolute atomic E-state index is 12.5. The fourth-order valence-corrected chi connectivity index (χ4v) is 2.83. The van der Waals surface area contributed by atoms with Crippen LogP contribution in [0.4, 0.5) is 5.69 Å². The molecule has 1 fully saturated rings. The van der Waals surface area contributed by atoms with E-state index in [1.54, 1.807) is 30.3 Å². The second-order valence-corrected chi connectivity index (χ2v) is 5.33. The van der Waals surface area contributed by atoms with E-state index in [1.165, 1.54) is 5.01 Å². The smallest absolute Gasteiger partial charge is 0.357 e. The van der Waals surface area contributed by atoms with Gasteiger partial charge in [0.1, 0.15) is 0 Å². The van der Waals surface area contributed by atoms with E-state index in [2.05, 4.69) is 5.10 Å². The van der Waals surface area contributed by atoms with Crippen LogP contribution in [0, 0.1) is 5.92 Å². The minimum Gasteiger partial charge on any atom is -0.476 e. The molecule has 0 aromatic heterocycles. The molecule has 1 aliphatic heterocycles. The lowest BCUT2D eigenvalue weighted by molar-refractivity contribution is -0.129. The molecule has 0 radical (unpaired) electrons. The first-order valence-electron chi connectivity index (χ1n) is 7.10. The molecule has 108 valence electrons. The third-order valence-corrected chi connectivity index (χ3v) is 3.88. The molecule has 0 bridgehead atoms. The van der Waals surface area contributed by atoms with Crippen LogP contribution in [0.3, 0.4) is 0 Å². The number of allylic oxidation sites excluding steroid dienone is 1. The first kappa shape index (κ1) is 13.5. The molecular weight excluding hydrogens is 268 g/mol. The number of rotatable bonds is 3. The normalized spacial score (nSPS) is 21.1. The van der Waals surface area contributed by atoms with Crippen LogP contribution in [0.2, 0.25) is 0 Å². The molecule has 1 amide bonds. The summed E-state index contributed by atoms with van der Waals surface area (Å²) >= 11 is 0. The SMILES string of the molecule is O=C(O)C1=NN(c2ccccc2)C(=O)C1=CC1CCCC1. The van der Waals surface area contributed by atoms with Gasteiger partial charge in [0.2, 0.25) is 0 Å². The summed E-state index contributed by atoms with van der Waals surface area (Å²) in [5, 5.41) is 14.5. The van der Waals surface area contributed by atoms with Crippen LogP contribution in [0.25, 0.3) is 0 Å². The van der Waals surface area contributed by atoms with Crippen molar-refractivity contribution in [2.75, 3.05) is 5.01 Å². The number of nitrogens with zero attached hydrogens (tertiary/aromatic N) is 2. The van der Waals surface area contributed by atoms with Crippen molar-refractivity contribution in [3.63, 3.8) is 0 Å². The molecule has 1 aromatic carbocycles. The van der Waals surface area contributed by atoms with Gasteiger partial charge in [0.05, 0.1) is 11.3 Å². The van der Waals surface area contributed by atoms with Gasteiger partial charge in [-0.25, -0.2) is 4.79 Å². The van der Waals surface area contributed by atoms with Crippen molar-refractivity contribution < 1.29 is 14.7 Å². The molecule has 1 aliphatic carbocycles. The third kappa shape index (κ3) is 2.59. The predicted molar refractivity (Wildman–Crippen MR) is 79.0 cm³/mol. The van der Waals surface area contributed by atoms with Crippen molar-refractivity contribution in [2.24, 2.45) is 11.0 Å². The lowest BCUT2D eigenvalue weighted by Gasteiger charge is -2.11. The van der Waals surface area contributed by atoms with Crippen molar-refractivity contribution in [3.05, 3.63) is 42.0 Å². The number of hydrogen-bond donors (Lipinski definition) is 1. The van der Waals surface area contributed by atoms with E-state index in [0.717, 1.165) is 25.7 Å². The van der Waals surface area contributed by atoms with Gasteiger partial charge in [-0.2, -0.15) is 10.1 Å². The molecule has 0 unspecified atom stereocenters. The van der Waals surface area contributed by atoms with E-state index >= 15 is 0 Å². The molecule has 0 spiro atoms. The topological polar surface area (TPSA) is 70.0 Å². The summed E-state index contributed by atoms with van der Waals surface area (Å²) < 4.78 is 0. The van der Waals surface area contributed by atoms with Gasteiger partial charge in [0.25, 0.3) is 5.91 Å². The Hall–Kier alpha value is -2.43. The largest absolute Gasteiger partial charge is 0.476 e. The van der Waals surface area contributed by atoms with Crippen molar-refractivity contribution in [2.45, 2.75) is 25.7 Å². The molecule has 1 N–H and O–H groups in total. The fourth-order valence-electron chi connectivity index (χ4n) is 2.83. The number of para-hydroxylation sites is 1. The number of anilines is 1. The molecule has 0 saturated heterocycles. The van der Waals surface area contributed by atoms with Crippen molar-refractivity contribution in [3.8, 4) is 0 Å². The van der Waals surface area contributed by atoms with E-state index in [9.17, 15) is 14.7 Å². The summed E-state index contributed by atoms with van der Waals surface area (Å²) in [6.07, 6.45) is 6.07. The Labute approximate surface area is 122 Å². The van der Waals surface area contributed by atoms with E-state index in [4.69, 9.17) is 0 Å². The Morgan fingerprint density at radius 3 is 2.52 bits per heavy atom. The molecule has 5 nitrogen and oxygen atoms in total. The third-order valence-electron chi connectivity index (χ3n) is 3.88. The van der Waals surface area contributed by atoms with Gasteiger partial charge < -0.3 is 5.11 Å². The Morgan fingerprint density at radius 1 is 1.24 bits per heavy atom. The van der Waals surface area contributed by atoms with E-state index < -0.39 is 5.97 Å². The first-order valence-corrected chi connectivity index (χ1v) is 7.10. The molecule has 3 rings (SSSR count). The van der Waals surface area contributed by atoms with Crippen molar-refractivity contribution in [1.82, 2.24) is 0 Å². The highest BCUT2D eigenvalue weighted by atomic mass is 16.4. The highest BCUT2D eigenvalue weighted by Gasteiger charge is 2.35. The van der Waals surface area contributed by atoms with Crippen LogP contribution in [-0.4, -0.2) is 22.7 Å². The van der Waals surface area contributed by atoms with Crippen molar-refractivity contribution >= 4 is 23.3 Å². The Morgan fingerprint density at radius 2 is 1.90 bits per heavy atom. The number of aliphatic carboxylic acids is 1. The van der Waals surface area contributed by atoms with E-state index in [1.807, 2.05) is 6.07 Å². The maximum atomic E-state index is 12.5. The minimum absolute atomic E-state index is 0.157. The monoisotopic (exact) mass is 284 g/mol. The zero-order chi connectivity index (χ0) is 14.8. The summed E-state index contributed by atoms with van der Waals surface area (Å²) in [6.45, 7) is 0. The minimum atomic E-state index is -1.16. The number of benzene rings is 1. The molecule has 0 atom stereocenters. The van der Waals surface area contributed by atoms with Gasteiger partial charge in [-0.05, 0) is 30.9 Å². The molecular formula is C16H16N2O3. The van der Waals surface area contributed by atoms with Gasteiger partial charge in [-0.15, -0.1) is 0 Å². The van der Waals surface area contributed by atoms with Gasteiger partial charge in [0.15, 0.2) is 5.71 Å². The first-order chi connectivity index (χ1) is 10.2. The van der Waals surface area contributed by atoms with Crippen LogP contribution in [-0.2, 0) is 9.59 Å². The lowest BCUT2D eigenvalue weighted by Crippen LogP contribution is -2.22. The van der Waals surface area contributed by atoms with Crippen LogP contribution >= 0.6 is 0 Å². The standard InChI is InChI=1S/C16H16N2O3/c19-15-13(10-11-6-4-5-7-11)14(16(20)21)17-18(15)12-8-2-1-3-9-12/h1-3,8-11H,4-7H2,(H,20,21). The highest BCUT2D eigenvalue weighted by Crippen LogP contribution is 2.30. The van der Waals surface area contributed by atoms with Crippen LogP contribution < -0.4 is 5.01 Å². The second kappa shape index (κ2) is 5.52. The number of amides is 1. The average Bonchev–Trinajstić information content (AvgIpc) is 3.10. The molecule has 1 saturated carbocycles. The van der Waals surface area contributed by atoms with Crippen LogP contribution in [0.1, 0.15) is 25.7 Å². The molecule has 21 heavy (non-hydrogen) atoms. The number of carboxylic acid groups (broad SMARTS) is 1. The van der Waals surface area contributed by atoms with Crippen LogP contribution in [0.15, 0.2) is 47.1 Å². The summed E-state index contributed by atoms with van der Waals surface area (Å²) in [5.74, 6) is -1.24.